The van der Waals surface area contributed by atoms with E-state index in [0.717, 1.165) is 15.7 Å². The normalized spacial score (nSPS) is 11.4. The summed E-state index contributed by atoms with van der Waals surface area (Å²) >= 11 is 1.54. The van der Waals surface area contributed by atoms with Crippen molar-refractivity contribution in [3.8, 4) is 0 Å². The average Bonchev–Trinajstić information content (AvgIpc) is 3.03. The van der Waals surface area contributed by atoms with Crippen molar-refractivity contribution >= 4 is 22.4 Å². The summed E-state index contributed by atoms with van der Waals surface area (Å²) < 4.78 is 4.64. The van der Waals surface area contributed by atoms with Crippen LogP contribution in [0.15, 0.2) is 12.3 Å². The molecule has 0 spiro atoms. The van der Waals surface area contributed by atoms with Gasteiger partial charge in [0.25, 0.3) is 0 Å². The van der Waals surface area contributed by atoms with Crippen LogP contribution in [-0.4, -0.2) is 28.3 Å². The number of anilines is 1. The first-order valence-electron chi connectivity index (χ1n) is 6.23. The number of hydrogen-bond acceptors (Lipinski definition) is 6. The number of methoxy groups -OCH3 is 1. The minimum atomic E-state index is -0.373. The quantitative estimate of drug-likeness (QED) is 0.847. The molecule has 6 nitrogen and oxygen atoms in total. The van der Waals surface area contributed by atoms with Crippen molar-refractivity contribution in [2.45, 2.75) is 32.7 Å². The van der Waals surface area contributed by atoms with Crippen molar-refractivity contribution in [3.63, 3.8) is 0 Å². The molecular formula is C13H18N4O2S. The first-order chi connectivity index (χ1) is 9.40. The number of hydrogen-bond donors (Lipinski definition) is 2. The van der Waals surface area contributed by atoms with E-state index >= 15 is 0 Å². The smallest absolute Gasteiger partial charge is 0.354 e. The molecule has 7 heteroatoms. The van der Waals surface area contributed by atoms with Gasteiger partial charge in [0.05, 0.1) is 7.11 Å². The summed E-state index contributed by atoms with van der Waals surface area (Å²) in [5, 5.41) is 13.2. The Labute approximate surface area is 121 Å². The number of carbonyl (C=O) groups is 1. The van der Waals surface area contributed by atoms with Crippen LogP contribution < -0.4 is 5.32 Å². The molecule has 108 valence electrons. The van der Waals surface area contributed by atoms with Gasteiger partial charge in [-0.05, 0) is 11.6 Å². The lowest BCUT2D eigenvalue weighted by molar-refractivity contribution is 0.0595. The summed E-state index contributed by atoms with van der Waals surface area (Å²) in [4.78, 5) is 14.2. The van der Waals surface area contributed by atoms with Crippen LogP contribution in [0.5, 0.6) is 0 Å². The molecule has 2 aromatic rings. The van der Waals surface area contributed by atoms with Crippen LogP contribution in [0.25, 0.3) is 0 Å². The topological polar surface area (TPSA) is 79.9 Å². The van der Waals surface area contributed by atoms with Crippen LogP contribution in [0.4, 0.5) is 5.13 Å². The number of ether oxygens (including phenoxy) is 1. The predicted molar refractivity (Wildman–Crippen MR) is 78.1 cm³/mol. The Morgan fingerprint density at radius 3 is 2.80 bits per heavy atom. The summed E-state index contributed by atoms with van der Waals surface area (Å²) in [6.07, 6.45) is 1.77. The Balaban J connectivity index is 1.97. The fraction of sp³-hybridized carbons (Fsp3) is 0.462. The van der Waals surface area contributed by atoms with Crippen LogP contribution in [0.1, 0.15) is 41.8 Å². The van der Waals surface area contributed by atoms with E-state index < -0.39 is 0 Å². The molecule has 0 bridgehead atoms. The second kappa shape index (κ2) is 5.62. The lowest BCUT2D eigenvalue weighted by Crippen LogP contribution is -2.10. The highest BCUT2D eigenvalue weighted by Gasteiger charge is 2.19. The van der Waals surface area contributed by atoms with Gasteiger partial charge in [0.2, 0.25) is 5.13 Å². The zero-order valence-corrected chi connectivity index (χ0v) is 12.8. The molecule has 0 fully saturated rings. The SMILES string of the molecule is COC(=O)c1cc(CNc2nnc(C(C)(C)C)s2)c[nH]1. The second-order valence-electron chi connectivity index (χ2n) is 5.43. The van der Waals surface area contributed by atoms with E-state index in [-0.39, 0.29) is 11.4 Å². The molecule has 0 unspecified atom stereocenters. The largest absolute Gasteiger partial charge is 0.464 e. The molecule has 0 aliphatic heterocycles. The van der Waals surface area contributed by atoms with Gasteiger partial charge in [-0.2, -0.15) is 0 Å². The molecule has 2 heterocycles. The van der Waals surface area contributed by atoms with Gasteiger partial charge < -0.3 is 15.0 Å². The molecule has 0 radical (unpaired) electrons. The zero-order valence-electron chi connectivity index (χ0n) is 12.0. The van der Waals surface area contributed by atoms with E-state index in [1.807, 2.05) is 0 Å². The molecule has 2 N–H and O–H groups in total. The first kappa shape index (κ1) is 14.5. The van der Waals surface area contributed by atoms with Crippen LogP contribution in [0.2, 0.25) is 0 Å². The van der Waals surface area contributed by atoms with Gasteiger partial charge in [-0.3, -0.25) is 0 Å². The maximum atomic E-state index is 11.3. The van der Waals surface area contributed by atoms with Crippen molar-refractivity contribution in [1.29, 1.82) is 0 Å². The third-order valence-corrected chi connectivity index (χ3v) is 3.97. The van der Waals surface area contributed by atoms with E-state index in [1.165, 1.54) is 7.11 Å². The van der Waals surface area contributed by atoms with Crippen molar-refractivity contribution < 1.29 is 9.53 Å². The van der Waals surface area contributed by atoms with Gasteiger partial charge in [0, 0.05) is 18.2 Å². The molecule has 2 aromatic heterocycles. The van der Waals surface area contributed by atoms with E-state index in [4.69, 9.17) is 0 Å². The maximum absolute atomic E-state index is 11.3. The van der Waals surface area contributed by atoms with Crippen LogP contribution in [-0.2, 0) is 16.7 Å². The number of H-pyrrole nitrogens is 1. The number of aromatic amines is 1. The second-order valence-corrected chi connectivity index (χ2v) is 6.41. The van der Waals surface area contributed by atoms with Gasteiger partial charge >= 0.3 is 5.97 Å². The summed E-state index contributed by atoms with van der Waals surface area (Å²) in [5.41, 5.74) is 1.40. The number of rotatable bonds is 4. The Bertz CT molecular complexity index is 598. The fourth-order valence-corrected chi connectivity index (χ4v) is 2.34. The molecule has 2 rings (SSSR count). The lowest BCUT2D eigenvalue weighted by atomic mass is 9.98. The lowest BCUT2D eigenvalue weighted by Gasteiger charge is -2.12. The summed E-state index contributed by atoms with van der Waals surface area (Å²) in [6.45, 7) is 6.89. The van der Waals surface area contributed by atoms with Gasteiger partial charge in [-0.15, -0.1) is 10.2 Å². The third kappa shape index (κ3) is 3.36. The Morgan fingerprint density at radius 2 is 2.20 bits per heavy atom. The number of esters is 1. The molecule has 0 aliphatic rings. The van der Waals surface area contributed by atoms with Crippen LogP contribution >= 0.6 is 11.3 Å². The van der Waals surface area contributed by atoms with Gasteiger partial charge in [-0.1, -0.05) is 32.1 Å². The zero-order chi connectivity index (χ0) is 14.8. The number of aromatic nitrogens is 3. The molecule has 0 aromatic carbocycles. The van der Waals surface area contributed by atoms with Crippen molar-refractivity contribution in [2.75, 3.05) is 12.4 Å². The average molecular weight is 294 g/mol. The fourth-order valence-electron chi connectivity index (χ4n) is 1.54. The monoisotopic (exact) mass is 294 g/mol. The first-order valence-corrected chi connectivity index (χ1v) is 7.05. The predicted octanol–water partition coefficient (Wildman–Crippen LogP) is 2.56. The number of nitrogens with zero attached hydrogens (tertiary/aromatic N) is 2. The van der Waals surface area contributed by atoms with E-state index in [1.54, 1.807) is 23.6 Å². The molecule has 0 saturated carbocycles. The standard InChI is InChI=1S/C13H18N4O2S/c1-13(2,3)11-16-17-12(20-11)15-7-8-5-9(14-6-8)10(18)19-4/h5-6,14H,7H2,1-4H3,(H,15,17). The molecule has 0 atom stereocenters. The third-order valence-electron chi connectivity index (χ3n) is 2.66. The summed E-state index contributed by atoms with van der Waals surface area (Å²) in [5.74, 6) is -0.373. The molecule has 0 saturated heterocycles. The molecular weight excluding hydrogens is 276 g/mol. The van der Waals surface area contributed by atoms with Crippen LogP contribution in [0, 0.1) is 0 Å². The van der Waals surface area contributed by atoms with E-state index in [0.29, 0.717) is 12.2 Å². The summed E-state index contributed by atoms with van der Waals surface area (Å²) in [6, 6.07) is 1.75. The highest BCUT2D eigenvalue weighted by Crippen LogP contribution is 2.27. The Morgan fingerprint density at radius 1 is 1.45 bits per heavy atom. The van der Waals surface area contributed by atoms with Gasteiger partial charge in [0.15, 0.2) is 0 Å². The molecule has 0 aliphatic carbocycles. The minimum Gasteiger partial charge on any atom is -0.464 e. The van der Waals surface area contributed by atoms with Crippen molar-refractivity contribution in [2.24, 2.45) is 0 Å². The molecule has 20 heavy (non-hydrogen) atoms. The van der Waals surface area contributed by atoms with E-state index in [9.17, 15) is 4.79 Å². The maximum Gasteiger partial charge on any atom is 0.354 e. The van der Waals surface area contributed by atoms with E-state index in [2.05, 4.69) is 46.0 Å². The summed E-state index contributed by atoms with van der Waals surface area (Å²) in [7, 11) is 1.36. The molecule has 0 amide bonds. The Kier molecular flexibility index (Phi) is 4.08. The number of carbonyl (C=O) groups excluding carboxylic acids is 1. The van der Waals surface area contributed by atoms with Gasteiger partial charge in [0.1, 0.15) is 10.7 Å². The minimum absolute atomic E-state index is 0.00371. The highest BCUT2D eigenvalue weighted by atomic mass is 32.1. The Hall–Kier alpha value is -1.89. The van der Waals surface area contributed by atoms with Gasteiger partial charge in [-0.25, -0.2) is 4.79 Å². The van der Waals surface area contributed by atoms with Crippen molar-refractivity contribution in [3.05, 3.63) is 28.5 Å². The van der Waals surface area contributed by atoms with Crippen LogP contribution in [0.3, 0.4) is 0 Å². The number of nitrogens with one attached hydrogen (secondary N) is 2. The van der Waals surface area contributed by atoms with Crippen molar-refractivity contribution in [1.82, 2.24) is 15.2 Å². The highest BCUT2D eigenvalue weighted by molar-refractivity contribution is 7.15.